The van der Waals surface area contributed by atoms with Gasteiger partial charge < -0.3 is 10.1 Å². The highest BCUT2D eigenvalue weighted by Crippen LogP contribution is 2.22. The largest absolute Gasteiger partial charge is 0.479 e. The van der Waals surface area contributed by atoms with E-state index in [9.17, 15) is 4.79 Å². The molecule has 2 heterocycles. The molecule has 0 aromatic heterocycles. The molecule has 19 heavy (non-hydrogen) atoms. The van der Waals surface area contributed by atoms with Crippen LogP contribution in [-0.4, -0.2) is 25.0 Å². The summed E-state index contributed by atoms with van der Waals surface area (Å²) in [7, 11) is 1.45. The molecule has 1 amide bonds. The number of amidine groups is 1. The summed E-state index contributed by atoms with van der Waals surface area (Å²) in [5, 5.41) is 10.5. The van der Waals surface area contributed by atoms with Crippen molar-refractivity contribution in [1.29, 1.82) is 0 Å². The molecular weight excluding hydrogens is 244 g/mol. The number of nitrogens with one attached hydrogen (secondary N) is 1. The quantitative estimate of drug-likeness (QED) is 0.887. The van der Waals surface area contributed by atoms with Crippen LogP contribution in [0, 0.1) is 0 Å². The van der Waals surface area contributed by atoms with E-state index in [1.807, 2.05) is 30.3 Å². The van der Waals surface area contributed by atoms with Gasteiger partial charge in [0.15, 0.2) is 5.84 Å². The van der Waals surface area contributed by atoms with Crippen molar-refractivity contribution in [3.63, 3.8) is 0 Å². The van der Waals surface area contributed by atoms with Crippen LogP contribution >= 0.6 is 0 Å². The van der Waals surface area contributed by atoms with Crippen LogP contribution in [0.4, 0.5) is 0 Å². The van der Waals surface area contributed by atoms with Crippen molar-refractivity contribution in [3.05, 3.63) is 47.4 Å². The molecule has 1 aromatic rings. The van der Waals surface area contributed by atoms with Crippen LogP contribution in [0.2, 0.25) is 0 Å². The summed E-state index contributed by atoms with van der Waals surface area (Å²) >= 11 is 0. The van der Waals surface area contributed by atoms with E-state index in [4.69, 9.17) is 4.74 Å². The number of benzene rings is 1. The van der Waals surface area contributed by atoms with Crippen molar-refractivity contribution in [3.8, 4) is 0 Å². The zero-order valence-corrected chi connectivity index (χ0v) is 10.3. The predicted molar refractivity (Wildman–Crippen MR) is 68.4 cm³/mol. The first kappa shape index (κ1) is 11.6. The number of ether oxygens (including phenoxy) is 1. The van der Waals surface area contributed by atoms with Gasteiger partial charge in [-0.25, -0.2) is 4.99 Å². The Hall–Kier alpha value is -2.50. The van der Waals surface area contributed by atoms with E-state index in [0.717, 1.165) is 5.56 Å². The van der Waals surface area contributed by atoms with Crippen LogP contribution in [0.5, 0.6) is 0 Å². The van der Waals surface area contributed by atoms with Crippen molar-refractivity contribution in [2.75, 3.05) is 7.11 Å². The van der Waals surface area contributed by atoms with Crippen molar-refractivity contribution in [2.45, 2.75) is 12.6 Å². The minimum atomic E-state index is -0.316. The normalized spacial score (nSPS) is 21.0. The number of rotatable bonds is 3. The number of methoxy groups -OCH3 is 1. The van der Waals surface area contributed by atoms with Gasteiger partial charge in [0.05, 0.1) is 7.11 Å². The number of fused-ring (bicyclic) bond motifs is 1. The molecule has 3 rings (SSSR count). The highest BCUT2D eigenvalue weighted by Gasteiger charge is 2.33. The number of hydrogen-bond acceptors (Lipinski definition) is 5. The fourth-order valence-corrected chi connectivity index (χ4v) is 2.06. The van der Waals surface area contributed by atoms with Crippen LogP contribution < -0.4 is 5.32 Å². The monoisotopic (exact) mass is 256 g/mol. The molecule has 0 spiro atoms. The number of amides is 1. The zero-order chi connectivity index (χ0) is 13.2. The van der Waals surface area contributed by atoms with Crippen molar-refractivity contribution < 1.29 is 9.53 Å². The van der Waals surface area contributed by atoms with Crippen LogP contribution in [0.15, 0.2) is 57.0 Å². The Kier molecular flexibility index (Phi) is 2.83. The first-order chi connectivity index (χ1) is 9.28. The average molecular weight is 256 g/mol. The molecule has 2 aliphatic heterocycles. The third-order valence-electron chi connectivity index (χ3n) is 2.94. The van der Waals surface area contributed by atoms with Gasteiger partial charge in [0.1, 0.15) is 11.7 Å². The highest BCUT2D eigenvalue weighted by atomic mass is 16.5. The summed E-state index contributed by atoms with van der Waals surface area (Å²) in [6.45, 7) is 0. The van der Waals surface area contributed by atoms with Gasteiger partial charge in [-0.15, -0.1) is 10.2 Å². The van der Waals surface area contributed by atoms with Gasteiger partial charge in [-0.05, 0) is 5.56 Å². The van der Waals surface area contributed by atoms with Gasteiger partial charge in [0, 0.05) is 6.42 Å². The molecule has 1 N–H and O–H groups in total. The molecule has 1 unspecified atom stereocenters. The maximum absolute atomic E-state index is 12.0. The lowest BCUT2D eigenvalue weighted by atomic mass is 10.1. The maximum atomic E-state index is 12.0. The third-order valence-corrected chi connectivity index (χ3v) is 2.94. The van der Waals surface area contributed by atoms with Crippen molar-refractivity contribution in [2.24, 2.45) is 15.2 Å². The Morgan fingerprint density at radius 3 is 2.79 bits per heavy atom. The SMILES string of the molecule is COC1=C2C(=O)NC(Cc3ccccc3)N=C2N=N1. The molecule has 6 nitrogen and oxygen atoms in total. The Morgan fingerprint density at radius 1 is 1.26 bits per heavy atom. The van der Waals surface area contributed by atoms with E-state index < -0.39 is 0 Å². The summed E-state index contributed by atoms with van der Waals surface area (Å²) in [4.78, 5) is 16.4. The van der Waals surface area contributed by atoms with E-state index in [1.54, 1.807) is 0 Å². The minimum Gasteiger partial charge on any atom is -0.479 e. The molecule has 2 aliphatic rings. The molecule has 0 saturated carbocycles. The van der Waals surface area contributed by atoms with Gasteiger partial charge in [-0.2, -0.15) is 0 Å². The van der Waals surface area contributed by atoms with E-state index in [1.165, 1.54) is 7.11 Å². The molecule has 0 saturated heterocycles. The summed E-state index contributed by atoms with van der Waals surface area (Å²) in [5.41, 5.74) is 1.42. The molecular formula is C13H12N4O2. The summed E-state index contributed by atoms with van der Waals surface area (Å²) in [5.74, 6) is 0.323. The molecule has 0 radical (unpaired) electrons. The zero-order valence-electron chi connectivity index (χ0n) is 10.3. The smallest absolute Gasteiger partial charge is 0.262 e. The molecule has 0 aliphatic carbocycles. The lowest BCUT2D eigenvalue weighted by Gasteiger charge is -2.20. The molecule has 0 bridgehead atoms. The summed E-state index contributed by atoms with van der Waals surface area (Å²) < 4.78 is 4.98. The average Bonchev–Trinajstić information content (AvgIpc) is 2.83. The first-order valence-corrected chi connectivity index (χ1v) is 5.91. The van der Waals surface area contributed by atoms with Gasteiger partial charge in [-0.1, -0.05) is 30.3 Å². The van der Waals surface area contributed by atoms with Crippen LogP contribution in [0.3, 0.4) is 0 Å². The second-order valence-corrected chi connectivity index (χ2v) is 4.22. The molecule has 1 aromatic carbocycles. The molecule has 96 valence electrons. The molecule has 6 heteroatoms. The number of aliphatic imine (C=N–C) groups is 1. The van der Waals surface area contributed by atoms with E-state index in [0.29, 0.717) is 17.8 Å². The van der Waals surface area contributed by atoms with Crippen LogP contribution in [0.1, 0.15) is 5.56 Å². The van der Waals surface area contributed by atoms with E-state index >= 15 is 0 Å². The third kappa shape index (κ3) is 2.12. The Morgan fingerprint density at radius 2 is 2.05 bits per heavy atom. The van der Waals surface area contributed by atoms with Crippen LogP contribution in [-0.2, 0) is 16.0 Å². The number of hydrogen-bond donors (Lipinski definition) is 1. The number of carbonyl (C=O) groups excluding carboxylic acids is 1. The van der Waals surface area contributed by atoms with E-state index in [2.05, 4.69) is 20.5 Å². The summed E-state index contributed by atoms with van der Waals surface area (Å²) in [6.07, 6.45) is 0.310. The first-order valence-electron chi connectivity index (χ1n) is 5.91. The Labute approximate surface area is 109 Å². The van der Waals surface area contributed by atoms with Crippen molar-refractivity contribution in [1.82, 2.24) is 5.32 Å². The van der Waals surface area contributed by atoms with E-state index in [-0.39, 0.29) is 18.0 Å². The lowest BCUT2D eigenvalue weighted by Crippen LogP contribution is -2.42. The maximum Gasteiger partial charge on any atom is 0.262 e. The second-order valence-electron chi connectivity index (χ2n) is 4.22. The van der Waals surface area contributed by atoms with Gasteiger partial charge >= 0.3 is 0 Å². The minimum absolute atomic E-state index is 0.217. The fraction of sp³-hybridized carbons (Fsp3) is 0.231. The fourth-order valence-electron chi connectivity index (χ4n) is 2.06. The molecule has 0 fully saturated rings. The number of carbonyl (C=O) groups is 1. The number of azo groups is 1. The molecule has 1 atom stereocenters. The standard InChI is InChI=1S/C13H12N4O2/c1-19-13-10-11(16-17-13)14-9(15-12(10)18)7-8-5-3-2-4-6-8/h2-6,9H,7H2,1H3,(H,15,18). The predicted octanol–water partition coefficient (Wildman–Crippen LogP) is 1.41. The topological polar surface area (TPSA) is 75.4 Å². The Balaban J connectivity index is 1.85. The van der Waals surface area contributed by atoms with Gasteiger partial charge in [0.2, 0.25) is 5.88 Å². The summed E-state index contributed by atoms with van der Waals surface area (Å²) in [6, 6.07) is 9.85. The van der Waals surface area contributed by atoms with Gasteiger partial charge in [0.25, 0.3) is 5.91 Å². The highest BCUT2D eigenvalue weighted by molar-refractivity contribution is 6.23. The van der Waals surface area contributed by atoms with Crippen molar-refractivity contribution >= 4 is 11.7 Å². The Bertz CT molecular complexity index is 604. The van der Waals surface area contributed by atoms with Crippen LogP contribution in [0.25, 0.3) is 0 Å². The number of nitrogens with zero attached hydrogens (tertiary/aromatic N) is 3. The van der Waals surface area contributed by atoms with Gasteiger partial charge in [-0.3, -0.25) is 4.79 Å². The second kappa shape index (κ2) is 4.64. The lowest BCUT2D eigenvalue weighted by molar-refractivity contribution is -0.118.